The number of rotatable bonds is 10. The van der Waals surface area contributed by atoms with Gasteiger partial charge in [-0.1, -0.05) is 39.3 Å². The predicted octanol–water partition coefficient (Wildman–Crippen LogP) is 5.23. The fourth-order valence-corrected chi connectivity index (χ4v) is 3.97. The monoisotopic (exact) mass is 455 g/mol. The zero-order chi connectivity index (χ0) is 23.1. The van der Waals surface area contributed by atoms with E-state index in [9.17, 15) is 14.7 Å². The number of ether oxygens (including phenoxy) is 1. The molecule has 0 saturated carbocycles. The molecule has 0 aliphatic heterocycles. The van der Waals surface area contributed by atoms with E-state index in [4.69, 9.17) is 4.74 Å². The molecule has 1 aromatic carbocycles. The Bertz CT molecular complexity index is 1150. The number of nitrogens with one attached hydrogen (secondary N) is 1. The van der Waals surface area contributed by atoms with Crippen LogP contribution >= 0.6 is 11.3 Å². The largest absolute Gasteiger partial charge is 0.491 e. The van der Waals surface area contributed by atoms with Crippen molar-refractivity contribution in [1.29, 1.82) is 0 Å². The van der Waals surface area contributed by atoms with Crippen molar-refractivity contribution < 1.29 is 14.6 Å². The van der Waals surface area contributed by atoms with Gasteiger partial charge < -0.3 is 19.7 Å². The van der Waals surface area contributed by atoms with E-state index in [0.717, 1.165) is 24.1 Å². The number of amides is 1. The Kier molecular flexibility index (Phi) is 8.05. The minimum atomic E-state index is -1.15. The molecule has 0 fully saturated rings. The van der Waals surface area contributed by atoms with Crippen molar-refractivity contribution in [3.05, 3.63) is 56.4 Å². The molecule has 0 aliphatic carbocycles. The predicted molar refractivity (Wildman–Crippen MR) is 129 cm³/mol. The van der Waals surface area contributed by atoms with Gasteiger partial charge in [-0.25, -0.2) is 9.78 Å². The Morgan fingerprint density at radius 3 is 2.78 bits per heavy atom. The normalized spacial score (nSPS) is 11.5. The summed E-state index contributed by atoms with van der Waals surface area (Å²) in [5.74, 6) is 0.767. The molecule has 0 aliphatic rings. The summed E-state index contributed by atoms with van der Waals surface area (Å²) in [7, 11) is 0. The summed E-state index contributed by atoms with van der Waals surface area (Å²) in [6, 6.07) is 5.64. The van der Waals surface area contributed by atoms with Crippen LogP contribution in [0.1, 0.15) is 50.6 Å². The number of carboxylic acid groups (broad SMARTS) is 1. The van der Waals surface area contributed by atoms with Crippen LogP contribution in [0.15, 0.2) is 33.9 Å². The van der Waals surface area contributed by atoms with Crippen LogP contribution in [0.4, 0.5) is 4.79 Å². The highest BCUT2D eigenvalue weighted by Crippen LogP contribution is 2.30. The number of fused-ring (bicyclic) bond motifs is 1. The maximum absolute atomic E-state index is 13.4. The van der Waals surface area contributed by atoms with Crippen molar-refractivity contribution in [2.45, 2.75) is 46.7 Å². The minimum Gasteiger partial charge on any atom is -0.491 e. The lowest BCUT2D eigenvalue weighted by atomic mass is 10.0. The molecule has 0 saturated heterocycles. The van der Waals surface area contributed by atoms with E-state index in [2.05, 4.69) is 17.2 Å². The Morgan fingerprint density at radius 1 is 1.31 bits per heavy atom. The molecule has 0 atom stereocenters. The highest BCUT2D eigenvalue weighted by molar-refractivity contribution is 7.07. The summed E-state index contributed by atoms with van der Waals surface area (Å²) < 4.78 is 7.83. The number of nitrogens with zero attached hydrogens (tertiary/aromatic N) is 2. The lowest BCUT2D eigenvalue weighted by Gasteiger charge is -2.21. The Morgan fingerprint density at radius 2 is 2.12 bits per heavy atom. The van der Waals surface area contributed by atoms with Crippen molar-refractivity contribution in [3.63, 3.8) is 0 Å². The molecule has 2 N–H and O–H groups in total. The molecule has 0 bridgehead atoms. The SMILES string of the molecule is CCCCOc1c(CNC(=O)O)n(CC(C)C)c(=O)c2ccc(/C=C/c3cscn3)cc12. The van der Waals surface area contributed by atoms with Gasteiger partial charge in [0.05, 0.1) is 35.4 Å². The number of hydrogen-bond donors (Lipinski definition) is 2. The third kappa shape index (κ3) is 5.76. The summed E-state index contributed by atoms with van der Waals surface area (Å²) >= 11 is 1.53. The zero-order valence-corrected chi connectivity index (χ0v) is 19.4. The summed E-state index contributed by atoms with van der Waals surface area (Å²) in [5.41, 5.74) is 3.96. The first-order valence-electron chi connectivity index (χ1n) is 10.8. The molecular weight excluding hydrogens is 426 g/mol. The minimum absolute atomic E-state index is 0.00637. The Labute approximate surface area is 191 Å². The standard InChI is InChI=1S/C24H29N3O4S/c1-4-5-10-31-22-20-11-17(6-8-18-14-32-15-26-18)7-9-19(20)23(28)27(13-16(2)3)21(22)12-25-24(29)30/h6-9,11,14-16,25H,4-5,10,12-13H2,1-3H3,(H,29,30)/b8-6+. The topological polar surface area (TPSA) is 93.5 Å². The maximum atomic E-state index is 13.4. The van der Waals surface area contributed by atoms with E-state index in [0.29, 0.717) is 35.4 Å². The molecular formula is C24H29N3O4S. The van der Waals surface area contributed by atoms with Gasteiger partial charge in [0, 0.05) is 17.3 Å². The molecule has 3 aromatic rings. The van der Waals surface area contributed by atoms with Gasteiger partial charge in [-0.15, -0.1) is 11.3 Å². The fourth-order valence-electron chi connectivity index (χ4n) is 3.44. The van der Waals surface area contributed by atoms with E-state index in [1.807, 2.05) is 49.6 Å². The smallest absolute Gasteiger partial charge is 0.404 e. The van der Waals surface area contributed by atoms with Crippen LogP contribution in [0.2, 0.25) is 0 Å². The molecule has 8 heteroatoms. The molecule has 2 heterocycles. The van der Waals surface area contributed by atoms with Crippen LogP contribution in [0, 0.1) is 5.92 Å². The van der Waals surface area contributed by atoms with E-state index < -0.39 is 6.09 Å². The van der Waals surface area contributed by atoms with Crippen LogP contribution in [-0.4, -0.2) is 27.4 Å². The Balaban J connectivity index is 2.18. The number of hydrogen-bond acceptors (Lipinski definition) is 5. The van der Waals surface area contributed by atoms with Gasteiger partial charge in [-0.05, 0) is 36.1 Å². The van der Waals surface area contributed by atoms with Gasteiger partial charge in [-0.3, -0.25) is 4.79 Å². The molecule has 0 radical (unpaired) electrons. The van der Waals surface area contributed by atoms with E-state index in [-0.39, 0.29) is 18.0 Å². The molecule has 32 heavy (non-hydrogen) atoms. The molecule has 1 amide bonds. The molecule has 170 valence electrons. The lowest BCUT2D eigenvalue weighted by molar-refractivity contribution is 0.193. The summed E-state index contributed by atoms with van der Waals surface area (Å²) in [5, 5.41) is 14.8. The van der Waals surface area contributed by atoms with Crippen molar-refractivity contribution in [2.24, 2.45) is 5.92 Å². The van der Waals surface area contributed by atoms with Gasteiger partial charge in [0.2, 0.25) is 0 Å². The molecule has 3 rings (SSSR count). The molecule has 0 spiro atoms. The molecule has 7 nitrogen and oxygen atoms in total. The average molecular weight is 456 g/mol. The quantitative estimate of drug-likeness (QED) is 0.408. The van der Waals surface area contributed by atoms with E-state index in [1.54, 1.807) is 10.1 Å². The maximum Gasteiger partial charge on any atom is 0.404 e. The Hall–Kier alpha value is -3.13. The second kappa shape index (κ2) is 10.9. The highest BCUT2D eigenvalue weighted by atomic mass is 32.1. The third-order valence-electron chi connectivity index (χ3n) is 4.95. The van der Waals surface area contributed by atoms with Gasteiger partial charge in [0.1, 0.15) is 5.75 Å². The number of carbonyl (C=O) groups is 1. The number of unbranched alkanes of at least 4 members (excludes halogenated alkanes) is 1. The first-order valence-corrected chi connectivity index (χ1v) is 11.7. The van der Waals surface area contributed by atoms with Crippen molar-refractivity contribution >= 4 is 40.4 Å². The van der Waals surface area contributed by atoms with E-state index in [1.165, 1.54) is 11.3 Å². The van der Waals surface area contributed by atoms with Crippen molar-refractivity contribution in [3.8, 4) is 5.75 Å². The van der Waals surface area contributed by atoms with Crippen molar-refractivity contribution in [2.75, 3.05) is 6.61 Å². The number of thiazole rings is 1. The van der Waals surface area contributed by atoms with Gasteiger partial charge in [-0.2, -0.15) is 0 Å². The third-order valence-corrected chi connectivity index (χ3v) is 5.55. The summed E-state index contributed by atoms with van der Waals surface area (Å²) in [6.45, 7) is 7.08. The first kappa shape index (κ1) is 23.5. The summed E-state index contributed by atoms with van der Waals surface area (Å²) in [6.07, 6.45) is 4.54. The zero-order valence-electron chi connectivity index (χ0n) is 18.6. The van der Waals surface area contributed by atoms with Crippen LogP contribution in [0.5, 0.6) is 5.75 Å². The highest BCUT2D eigenvalue weighted by Gasteiger charge is 2.19. The van der Waals surface area contributed by atoms with Gasteiger partial charge in [0.25, 0.3) is 5.56 Å². The molecule has 2 aromatic heterocycles. The fraction of sp³-hybridized carbons (Fsp3) is 0.375. The second-order valence-corrected chi connectivity index (χ2v) is 8.72. The lowest BCUT2D eigenvalue weighted by Crippen LogP contribution is -2.31. The second-order valence-electron chi connectivity index (χ2n) is 8.00. The number of pyridine rings is 1. The van der Waals surface area contributed by atoms with Crippen molar-refractivity contribution in [1.82, 2.24) is 14.9 Å². The average Bonchev–Trinajstić information content (AvgIpc) is 3.28. The van der Waals surface area contributed by atoms with E-state index >= 15 is 0 Å². The summed E-state index contributed by atoms with van der Waals surface area (Å²) in [4.78, 5) is 28.9. The van der Waals surface area contributed by atoms with Crippen LogP contribution in [0.25, 0.3) is 22.9 Å². The van der Waals surface area contributed by atoms with Crippen LogP contribution in [-0.2, 0) is 13.1 Å². The number of benzene rings is 1. The molecule has 0 unspecified atom stereocenters. The van der Waals surface area contributed by atoms with Crippen LogP contribution in [0.3, 0.4) is 0 Å². The first-order chi connectivity index (χ1) is 15.4. The van der Waals surface area contributed by atoms with Crippen LogP contribution < -0.4 is 15.6 Å². The number of aromatic nitrogens is 2. The van der Waals surface area contributed by atoms with Gasteiger partial charge >= 0.3 is 6.09 Å². The van der Waals surface area contributed by atoms with Gasteiger partial charge in [0.15, 0.2) is 0 Å².